The highest BCUT2D eigenvalue weighted by Crippen LogP contribution is 2.24. The molecule has 2 aromatic rings. The first-order valence-electron chi connectivity index (χ1n) is 9.84. The number of para-hydroxylation sites is 2. The molecule has 0 aliphatic rings. The maximum Gasteiger partial charge on any atom is 0.316 e. The van der Waals surface area contributed by atoms with E-state index < -0.39 is 11.9 Å². The zero-order valence-corrected chi connectivity index (χ0v) is 17.4. The maximum atomic E-state index is 13.2. The van der Waals surface area contributed by atoms with Crippen molar-refractivity contribution in [2.45, 2.75) is 13.3 Å². The van der Waals surface area contributed by atoms with Gasteiger partial charge >= 0.3 is 5.97 Å². The van der Waals surface area contributed by atoms with E-state index in [-0.39, 0.29) is 32.2 Å². The number of rotatable bonds is 14. The molecule has 2 rings (SSSR count). The lowest BCUT2D eigenvalue weighted by atomic mass is 9.94. The van der Waals surface area contributed by atoms with Crippen LogP contribution in [0, 0.1) is 5.92 Å². The molecule has 0 spiro atoms. The van der Waals surface area contributed by atoms with E-state index in [1.807, 2.05) is 30.3 Å². The molecule has 7 heteroatoms. The SMILES string of the molecule is CCOC(=O)C(CCOc1ccccc1)C(=O)c1ccccc1OCOCCOC. The van der Waals surface area contributed by atoms with E-state index >= 15 is 0 Å². The molecule has 7 nitrogen and oxygen atoms in total. The Morgan fingerprint density at radius 2 is 1.63 bits per heavy atom. The van der Waals surface area contributed by atoms with Gasteiger partial charge in [-0.25, -0.2) is 0 Å². The predicted molar refractivity (Wildman–Crippen MR) is 111 cm³/mol. The van der Waals surface area contributed by atoms with E-state index in [4.69, 9.17) is 23.7 Å². The molecule has 0 saturated carbocycles. The number of methoxy groups -OCH3 is 1. The summed E-state index contributed by atoms with van der Waals surface area (Å²) < 4.78 is 26.6. The Morgan fingerprint density at radius 1 is 0.900 bits per heavy atom. The van der Waals surface area contributed by atoms with Gasteiger partial charge in [-0.2, -0.15) is 0 Å². The van der Waals surface area contributed by atoms with Crippen molar-refractivity contribution >= 4 is 11.8 Å². The van der Waals surface area contributed by atoms with E-state index in [2.05, 4.69) is 0 Å². The first-order chi connectivity index (χ1) is 14.7. The highest BCUT2D eigenvalue weighted by molar-refractivity contribution is 6.10. The summed E-state index contributed by atoms with van der Waals surface area (Å²) in [5.74, 6) is -0.932. The topological polar surface area (TPSA) is 80.3 Å². The molecule has 0 aliphatic carbocycles. The van der Waals surface area contributed by atoms with E-state index in [9.17, 15) is 9.59 Å². The molecule has 1 atom stereocenters. The minimum absolute atomic E-state index is 0.0329. The largest absolute Gasteiger partial charge is 0.494 e. The smallest absolute Gasteiger partial charge is 0.316 e. The number of hydrogen-bond donors (Lipinski definition) is 0. The molecule has 0 saturated heterocycles. The van der Waals surface area contributed by atoms with E-state index in [0.29, 0.717) is 30.3 Å². The number of ether oxygens (including phenoxy) is 5. The lowest BCUT2D eigenvalue weighted by Crippen LogP contribution is -2.28. The Morgan fingerprint density at radius 3 is 2.37 bits per heavy atom. The van der Waals surface area contributed by atoms with Gasteiger partial charge in [-0.1, -0.05) is 30.3 Å². The fourth-order valence-electron chi connectivity index (χ4n) is 2.70. The molecule has 0 fully saturated rings. The van der Waals surface area contributed by atoms with Crippen molar-refractivity contribution in [2.24, 2.45) is 5.92 Å². The average molecular weight is 416 g/mol. The average Bonchev–Trinajstić information content (AvgIpc) is 2.77. The van der Waals surface area contributed by atoms with Crippen LogP contribution in [0.15, 0.2) is 54.6 Å². The van der Waals surface area contributed by atoms with Gasteiger partial charge in [-0.15, -0.1) is 0 Å². The van der Waals surface area contributed by atoms with Crippen molar-refractivity contribution in [3.63, 3.8) is 0 Å². The second-order valence-corrected chi connectivity index (χ2v) is 6.28. The fraction of sp³-hybridized carbons (Fsp3) is 0.391. The summed E-state index contributed by atoms with van der Waals surface area (Å²) in [5.41, 5.74) is 0.297. The van der Waals surface area contributed by atoms with Crippen LogP contribution in [0.25, 0.3) is 0 Å². The maximum absolute atomic E-state index is 13.2. The summed E-state index contributed by atoms with van der Waals surface area (Å²) >= 11 is 0. The second-order valence-electron chi connectivity index (χ2n) is 6.28. The van der Waals surface area contributed by atoms with Gasteiger partial charge in [0.1, 0.15) is 17.4 Å². The first kappa shape index (κ1) is 23.4. The third kappa shape index (κ3) is 7.50. The van der Waals surface area contributed by atoms with Gasteiger partial charge in [0.15, 0.2) is 12.6 Å². The van der Waals surface area contributed by atoms with Gasteiger partial charge in [-0.05, 0) is 31.2 Å². The van der Waals surface area contributed by atoms with Crippen LogP contribution in [0.1, 0.15) is 23.7 Å². The molecule has 0 aliphatic heterocycles. The number of hydrogen-bond acceptors (Lipinski definition) is 7. The Labute approximate surface area is 176 Å². The van der Waals surface area contributed by atoms with Crippen LogP contribution in [-0.2, 0) is 19.0 Å². The summed E-state index contributed by atoms with van der Waals surface area (Å²) in [6.45, 7) is 2.87. The van der Waals surface area contributed by atoms with Crippen molar-refractivity contribution in [3.05, 3.63) is 60.2 Å². The van der Waals surface area contributed by atoms with Gasteiger partial charge < -0.3 is 23.7 Å². The highest BCUT2D eigenvalue weighted by Gasteiger charge is 2.30. The Balaban J connectivity index is 2.06. The van der Waals surface area contributed by atoms with Crippen LogP contribution in [0.4, 0.5) is 0 Å². The van der Waals surface area contributed by atoms with Crippen molar-refractivity contribution in [1.82, 2.24) is 0 Å². The number of esters is 1. The summed E-state index contributed by atoms with van der Waals surface area (Å²) in [4.78, 5) is 25.6. The Hall–Kier alpha value is -2.90. The number of Topliss-reactive ketones (excluding diaryl/α,β-unsaturated/α-hetero) is 1. The summed E-state index contributed by atoms with van der Waals surface area (Å²) in [6.07, 6.45) is 0.186. The molecular weight excluding hydrogens is 388 g/mol. The lowest BCUT2D eigenvalue weighted by molar-refractivity contribution is -0.146. The standard InChI is InChI=1S/C23H28O7/c1-3-28-23(25)20(13-14-29-18-9-5-4-6-10-18)22(24)19-11-7-8-12-21(19)30-17-27-16-15-26-2/h4-12,20H,3,13-17H2,1-2H3. The molecule has 0 bridgehead atoms. The van der Waals surface area contributed by atoms with E-state index in [0.717, 1.165) is 0 Å². The lowest BCUT2D eigenvalue weighted by Gasteiger charge is -2.17. The van der Waals surface area contributed by atoms with E-state index in [1.165, 1.54) is 0 Å². The summed E-state index contributed by atoms with van der Waals surface area (Å²) in [5, 5.41) is 0. The molecule has 30 heavy (non-hydrogen) atoms. The summed E-state index contributed by atoms with van der Waals surface area (Å²) in [6, 6.07) is 16.0. The highest BCUT2D eigenvalue weighted by atomic mass is 16.7. The molecular formula is C23H28O7. The zero-order valence-electron chi connectivity index (χ0n) is 17.4. The van der Waals surface area contributed by atoms with Gasteiger partial charge in [0.2, 0.25) is 0 Å². The Kier molecular flexibility index (Phi) is 10.4. The molecule has 0 N–H and O–H groups in total. The zero-order chi connectivity index (χ0) is 21.6. The molecule has 0 aromatic heterocycles. The quantitative estimate of drug-likeness (QED) is 0.153. The predicted octanol–water partition coefficient (Wildman–Crippen LogP) is 3.52. The van der Waals surface area contributed by atoms with Crippen molar-refractivity contribution < 1.29 is 33.3 Å². The van der Waals surface area contributed by atoms with Gasteiger partial charge in [0, 0.05) is 13.5 Å². The van der Waals surface area contributed by atoms with Crippen LogP contribution in [-0.4, -0.2) is 52.1 Å². The second kappa shape index (κ2) is 13.3. The number of carbonyl (C=O) groups is 2. The summed E-state index contributed by atoms with van der Waals surface area (Å²) in [7, 11) is 1.58. The fourth-order valence-corrected chi connectivity index (χ4v) is 2.70. The van der Waals surface area contributed by atoms with Crippen LogP contribution in [0.3, 0.4) is 0 Å². The minimum atomic E-state index is -0.993. The third-order valence-electron chi connectivity index (χ3n) is 4.19. The molecule has 0 radical (unpaired) electrons. The molecule has 1 unspecified atom stereocenters. The van der Waals surface area contributed by atoms with Crippen LogP contribution >= 0.6 is 0 Å². The van der Waals surface area contributed by atoms with E-state index in [1.54, 1.807) is 38.3 Å². The normalized spacial score (nSPS) is 11.5. The molecule has 2 aromatic carbocycles. The van der Waals surface area contributed by atoms with Crippen molar-refractivity contribution in [3.8, 4) is 11.5 Å². The van der Waals surface area contributed by atoms with Crippen molar-refractivity contribution in [2.75, 3.05) is 40.3 Å². The molecule has 0 amide bonds. The number of ketones is 1. The van der Waals surface area contributed by atoms with Crippen LogP contribution < -0.4 is 9.47 Å². The third-order valence-corrected chi connectivity index (χ3v) is 4.19. The van der Waals surface area contributed by atoms with Gasteiger partial charge in [0.25, 0.3) is 0 Å². The monoisotopic (exact) mass is 416 g/mol. The molecule has 0 heterocycles. The van der Waals surface area contributed by atoms with Gasteiger partial charge in [-0.3, -0.25) is 9.59 Å². The molecule has 162 valence electrons. The number of benzene rings is 2. The first-order valence-corrected chi connectivity index (χ1v) is 9.84. The van der Waals surface area contributed by atoms with Crippen molar-refractivity contribution in [1.29, 1.82) is 0 Å². The minimum Gasteiger partial charge on any atom is -0.494 e. The Bertz CT molecular complexity index is 776. The van der Waals surface area contributed by atoms with Gasteiger partial charge in [0.05, 0.1) is 32.0 Å². The van der Waals surface area contributed by atoms with Crippen LogP contribution in [0.2, 0.25) is 0 Å². The number of carbonyl (C=O) groups excluding carboxylic acids is 2. The van der Waals surface area contributed by atoms with Crippen LogP contribution in [0.5, 0.6) is 11.5 Å².